The minimum atomic E-state index is -4.01. The van der Waals surface area contributed by atoms with E-state index in [0.29, 0.717) is 27.6 Å². The number of nitrogens with zero attached hydrogens (tertiary/aromatic N) is 2. The second kappa shape index (κ2) is 7.97. The number of hydrogen-bond donors (Lipinski definition) is 1. The molecule has 0 bridgehead atoms. The SMILES string of the molecule is Cc1c(F)cc(C(=O)NC2CC2)cc1-c1ccc2c(cnn2S(=O)(=O)c2ccccc2Cl)c1. The van der Waals surface area contributed by atoms with Crippen LogP contribution in [0.4, 0.5) is 4.39 Å². The lowest BCUT2D eigenvalue weighted by molar-refractivity contribution is 0.0950. The number of benzene rings is 3. The summed E-state index contributed by atoms with van der Waals surface area (Å²) in [4.78, 5) is 12.4. The molecule has 0 spiro atoms. The molecular weight excluding hydrogens is 465 g/mol. The van der Waals surface area contributed by atoms with Crippen molar-refractivity contribution >= 4 is 38.4 Å². The molecular formula is C24H19ClFN3O3S. The fourth-order valence-electron chi connectivity index (χ4n) is 3.72. The van der Waals surface area contributed by atoms with Crippen molar-refractivity contribution in [2.45, 2.75) is 30.7 Å². The van der Waals surface area contributed by atoms with Gasteiger partial charge in [-0.15, -0.1) is 0 Å². The summed E-state index contributed by atoms with van der Waals surface area (Å²) in [5.74, 6) is -0.789. The number of hydrogen-bond acceptors (Lipinski definition) is 4. The highest BCUT2D eigenvalue weighted by molar-refractivity contribution is 7.90. The third-order valence-corrected chi connectivity index (χ3v) is 7.81. The molecule has 0 aliphatic heterocycles. The Morgan fingerprint density at radius 1 is 1.15 bits per heavy atom. The van der Waals surface area contributed by atoms with Crippen molar-refractivity contribution in [1.29, 1.82) is 0 Å². The quantitative estimate of drug-likeness (QED) is 0.436. The van der Waals surface area contributed by atoms with Crippen molar-refractivity contribution in [1.82, 2.24) is 14.5 Å². The third-order valence-electron chi connectivity index (χ3n) is 5.71. The number of fused-ring (bicyclic) bond motifs is 1. The van der Waals surface area contributed by atoms with E-state index < -0.39 is 15.8 Å². The average Bonchev–Trinajstić information content (AvgIpc) is 3.49. The number of rotatable bonds is 5. The van der Waals surface area contributed by atoms with Crippen LogP contribution in [0.5, 0.6) is 0 Å². The first-order valence-corrected chi connectivity index (χ1v) is 12.2. The van der Waals surface area contributed by atoms with Crippen molar-refractivity contribution in [2.24, 2.45) is 0 Å². The number of nitrogens with one attached hydrogen (secondary N) is 1. The van der Waals surface area contributed by atoms with Crippen LogP contribution in [0.1, 0.15) is 28.8 Å². The van der Waals surface area contributed by atoms with Gasteiger partial charge in [-0.1, -0.05) is 29.8 Å². The average molecular weight is 484 g/mol. The van der Waals surface area contributed by atoms with E-state index in [0.717, 1.165) is 16.9 Å². The van der Waals surface area contributed by atoms with Gasteiger partial charge in [-0.2, -0.15) is 17.6 Å². The van der Waals surface area contributed by atoms with Gasteiger partial charge in [0.2, 0.25) is 0 Å². The van der Waals surface area contributed by atoms with Crippen LogP contribution in [0.3, 0.4) is 0 Å². The smallest absolute Gasteiger partial charge is 0.284 e. The maximum absolute atomic E-state index is 14.7. The molecule has 0 atom stereocenters. The number of amides is 1. The molecule has 1 aliphatic rings. The van der Waals surface area contributed by atoms with Crippen LogP contribution in [-0.4, -0.2) is 29.6 Å². The van der Waals surface area contributed by atoms with E-state index in [1.807, 2.05) is 0 Å². The standard InChI is InChI=1S/C24H19ClFN3O3S/c1-14-19(11-16(12-21(14)26)24(30)28-18-7-8-18)15-6-9-22-17(10-15)13-27-29(22)33(31,32)23-5-3-2-4-20(23)25/h2-6,9-13,18H,7-8H2,1H3,(H,28,30). The van der Waals surface area contributed by atoms with Gasteiger partial charge in [0.05, 0.1) is 16.7 Å². The largest absolute Gasteiger partial charge is 0.349 e. The van der Waals surface area contributed by atoms with Gasteiger partial charge >= 0.3 is 0 Å². The van der Waals surface area contributed by atoms with Crippen LogP contribution < -0.4 is 5.32 Å². The summed E-state index contributed by atoms with van der Waals surface area (Å²) < 4.78 is 41.8. The Kier molecular flexibility index (Phi) is 5.22. The Balaban J connectivity index is 1.57. The maximum atomic E-state index is 14.7. The highest BCUT2D eigenvalue weighted by Crippen LogP contribution is 2.32. The monoisotopic (exact) mass is 483 g/mol. The summed E-state index contributed by atoms with van der Waals surface area (Å²) >= 11 is 6.10. The summed E-state index contributed by atoms with van der Waals surface area (Å²) in [6.07, 6.45) is 3.30. The van der Waals surface area contributed by atoms with Gasteiger partial charge in [-0.3, -0.25) is 4.79 Å². The van der Waals surface area contributed by atoms with Gasteiger partial charge in [0.1, 0.15) is 10.7 Å². The minimum Gasteiger partial charge on any atom is -0.349 e. The summed E-state index contributed by atoms with van der Waals surface area (Å²) in [7, 11) is -4.01. The van der Waals surface area contributed by atoms with Crippen LogP contribution in [0.25, 0.3) is 22.0 Å². The second-order valence-electron chi connectivity index (χ2n) is 8.07. The van der Waals surface area contributed by atoms with E-state index in [1.54, 1.807) is 43.3 Å². The lowest BCUT2D eigenvalue weighted by atomic mass is 9.96. The molecule has 1 amide bonds. The van der Waals surface area contributed by atoms with Gasteiger partial charge in [-0.05, 0) is 72.9 Å². The molecule has 3 aromatic carbocycles. The highest BCUT2D eigenvalue weighted by atomic mass is 35.5. The summed E-state index contributed by atoms with van der Waals surface area (Å²) in [5, 5.41) is 7.60. The number of aromatic nitrogens is 2. The first kappa shape index (κ1) is 21.6. The van der Waals surface area contributed by atoms with Crippen LogP contribution in [0.2, 0.25) is 5.02 Å². The van der Waals surface area contributed by atoms with E-state index in [2.05, 4.69) is 10.4 Å². The zero-order valence-electron chi connectivity index (χ0n) is 17.5. The first-order chi connectivity index (χ1) is 15.8. The van der Waals surface area contributed by atoms with E-state index in [9.17, 15) is 17.6 Å². The van der Waals surface area contributed by atoms with Crippen LogP contribution in [-0.2, 0) is 10.0 Å². The molecule has 1 heterocycles. The first-order valence-electron chi connectivity index (χ1n) is 10.3. The number of halogens is 2. The Morgan fingerprint density at radius 2 is 1.91 bits per heavy atom. The van der Waals surface area contributed by atoms with Gasteiger partial charge < -0.3 is 5.32 Å². The van der Waals surface area contributed by atoms with Crippen LogP contribution in [0.15, 0.2) is 65.7 Å². The maximum Gasteiger partial charge on any atom is 0.284 e. The molecule has 33 heavy (non-hydrogen) atoms. The molecule has 1 fully saturated rings. The predicted octanol–water partition coefficient (Wildman–Crippen LogP) is 4.93. The predicted molar refractivity (Wildman–Crippen MR) is 124 cm³/mol. The van der Waals surface area contributed by atoms with Crippen molar-refractivity contribution in [2.75, 3.05) is 0 Å². The van der Waals surface area contributed by atoms with E-state index in [-0.39, 0.29) is 27.4 Å². The van der Waals surface area contributed by atoms with Gasteiger partial charge in [0.25, 0.3) is 15.9 Å². The second-order valence-corrected chi connectivity index (χ2v) is 10.2. The molecule has 0 radical (unpaired) electrons. The molecule has 1 saturated carbocycles. The van der Waals surface area contributed by atoms with E-state index >= 15 is 0 Å². The molecule has 0 unspecified atom stereocenters. The van der Waals surface area contributed by atoms with Gasteiger partial charge in [0.15, 0.2) is 0 Å². The third kappa shape index (κ3) is 3.89. The zero-order valence-corrected chi connectivity index (χ0v) is 19.1. The number of carbonyl (C=O) groups excluding carboxylic acids is 1. The molecule has 4 aromatic rings. The van der Waals surface area contributed by atoms with E-state index in [4.69, 9.17) is 11.6 Å². The molecule has 6 nitrogen and oxygen atoms in total. The summed E-state index contributed by atoms with van der Waals surface area (Å²) in [6, 6.07) is 14.2. The fraction of sp³-hybridized carbons (Fsp3) is 0.167. The molecule has 1 N–H and O–H groups in total. The van der Waals surface area contributed by atoms with E-state index in [1.165, 1.54) is 24.4 Å². The lowest BCUT2D eigenvalue weighted by Gasteiger charge is -2.12. The van der Waals surface area contributed by atoms with Gasteiger partial charge in [0, 0.05) is 17.0 Å². The molecule has 9 heteroatoms. The van der Waals surface area contributed by atoms with Crippen LogP contribution >= 0.6 is 11.6 Å². The normalized spacial score (nSPS) is 13.9. The van der Waals surface area contributed by atoms with Crippen molar-refractivity contribution in [3.05, 3.63) is 82.8 Å². The molecule has 1 aromatic heterocycles. The summed E-state index contributed by atoms with van der Waals surface area (Å²) in [5.41, 5.74) is 2.21. The Hall–Kier alpha value is -3.23. The molecule has 0 saturated heterocycles. The van der Waals surface area contributed by atoms with Crippen molar-refractivity contribution in [3.63, 3.8) is 0 Å². The summed E-state index contributed by atoms with van der Waals surface area (Å²) in [6.45, 7) is 1.64. The molecule has 5 rings (SSSR count). The topological polar surface area (TPSA) is 81.1 Å². The van der Waals surface area contributed by atoms with Crippen molar-refractivity contribution < 1.29 is 17.6 Å². The number of carbonyl (C=O) groups is 1. The Morgan fingerprint density at radius 3 is 2.64 bits per heavy atom. The molecule has 1 aliphatic carbocycles. The molecule has 168 valence electrons. The highest BCUT2D eigenvalue weighted by Gasteiger charge is 2.25. The zero-order chi connectivity index (χ0) is 23.3. The van der Waals surface area contributed by atoms with Crippen LogP contribution in [0, 0.1) is 12.7 Å². The Bertz CT molecular complexity index is 1530. The Labute approximate surface area is 195 Å². The fourth-order valence-corrected chi connectivity index (χ4v) is 5.50. The van der Waals surface area contributed by atoms with Crippen molar-refractivity contribution in [3.8, 4) is 11.1 Å². The lowest BCUT2D eigenvalue weighted by Crippen LogP contribution is -2.25. The van der Waals surface area contributed by atoms with Gasteiger partial charge in [-0.25, -0.2) is 4.39 Å². The minimum absolute atomic E-state index is 0.0481.